The van der Waals surface area contributed by atoms with Crippen molar-refractivity contribution in [3.8, 4) is 11.5 Å². The first-order valence-electron chi connectivity index (χ1n) is 9.59. The van der Waals surface area contributed by atoms with Crippen molar-refractivity contribution in [1.29, 1.82) is 0 Å². The maximum atomic E-state index is 13.4. The zero-order valence-corrected chi connectivity index (χ0v) is 19.0. The molecule has 1 aliphatic heterocycles. The summed E-state index contributed by atoms with van der Waals surface area (Å²) in [4.78, 5) is 14.1. The van der Waals surface area contributed by atoms with Crippen LogP contribution < -0.4 is 0 Å². The summed E-state index contributed by atoms with van der Waals surface area (Å²) >= 11 is 6.85. The van der Waals surface area contributed by atoms with Gasteiger partial charge in [-0.25, -0.2) is 12.8 Å². The number of benzene rings is 2. The standard InChI is InChI=1S/C20H18ClFN4O4S2/c21-16-12-15(6-7-17(16)22)32(28,29)26-10-8-25(9-11-26)18(27)13-31-20-24-23-19(30-20)14-4-2-1-3-5-14/h1-7,12H,8-11,13H2. The second-order valence-corrected chi connectivity index (χ2v) is 10.2. The number of nitrogens with zero attached hydrogens (tertiary/aromatic N) is 4. The topological polar surface area (TPSA) is 96.6 Å². The van der Waals surface area contributed by atoms with E-state index in [1.807, 2.05) is 30.3 Å². The Hall–Kier alpha value is -2.47. The molecule has 1 amide bonds. The molecule has 32 heavy (non-hydrogen) atoms. The van der Waals surface area contributed by atoms with Gasteiger partial charge in [0.2, 0.25) is 21.8 Å². The number of amides is 1. The quantitative estimate of drug-likeness (QED) is 0.483. The molecular formula is C20H18ClFN4O4S2. The number of carbonyl (C=O) groups excluding carboxylic acids is 1. The van der Waals surface area contributed by atoms with Crippen LogP contribution in [-0.4, -0.2) is 65.7 Å². The monoisotopic (exact) mass is 496 g/mol. The van der Waals surface area contributed by atoms with Gasteiger partial charge in [0.25, 0.3) is 5.22 Å². The van der Waals surface area contributed by atoms with Crippen molar-refractivity contribution in [2.24, 2.45) is 0 Å². The molecule has 1 saturated heterocycles. The van der Waals surface area contributed by atoms with E-state index < -0.39 is 15.8 Å². The smallest absolute Gasteiger partial charge is 0.277 e. The molecule has 1 aromatic heterocycles. The maximum absolute atomic E-state index is 13.4. The van der Waals surface area contributed by atoms with Gasteiger partial charge in [0.05, 0.1) is 15.7 Å². The molecule has 0 bridgehead atoms. The molecule has 1 fully saturated rings. The molecule has 1 aliphatic rings. The number of carbonyl (C=O) groups is 1. The van der Waals surface area contributed by atoms with Gasteiger partial charge >= 0.3 is 0 Å². The minimum absolute atomic E-state index is 0.0788. The molecule has 12 heteroatoms. The van der Waals surface area contributed by atoms with Crippen LogP contribution in [0, 0.1) is 5.82 Å². The van der Waals surface area contributed by atoms with Crippen LogP contribution in [0.4, 0.5) is 4.39 Å². The van der Waals surface area contributed by atoms with E-state index >= 15 is 0 Å². The third-order valence-electron chi connectivity index (χ3n) is 4.87. The van der Waals surface area contributed by atoms with Crippen LogP contribution in [0.25, 0.3) is 11.5 Å². The van der Waals surface area contributed by atoms with Crippen molar-refractivity contribution in [1.82, 2.24) is 19.4 Å². The van der Waals surface area contributed by atoms with Crippen LogP contribution in [0.2, 0.25) is 5.02 Å². The Bertz CT molecular complexity index is 1220. The number of sulfonamides is 1. The Labute approximate surface area is 193 Å². The molecule has 168 valence electrons. The largest absolute Gasteiger partial charge is 0.411 e. The lowest BCUT2D eigenvalue weighted by molar-refractivity contribution is -0.129. The number of rotatable bonds is 6. The van der Waals surface area contributed by atoms with Crippen LogP contribution in [0.5, 0.6) is 0 Å². The molecule has 0 aliphatic carbocycles. The fraction of sp³-hybridized carbons (Fsp3) is 0.250. The van der Waals surface area contributed by atoms with Gasteiger partial charge in [-0.15, -0.1) is 10.2 Å². The van der Waals surface area contributed by atoms with E-state index in [2.05, 4.69) is 10.2 Å². The Morgan fingerprint density at radius 1 is 1.09 bits per heavy atom. The molecule has 0 saturated carbocycles. The number of hydrogen-bond acceptors (Lipinski definition) is 7. The van der Waals surface area contributed by atoms with Crippen molar-refractivity contribution < 1.29 is 22.0 Å². The van der Waals surface area contributed by atoms with Crippen molar-refractivity contribution in [3.63, 3.8) is 0 Å². The number of halogens is 2. The SMILES string of the molecule is O=C(CSc1nnc(-c2ccccc2)o1)N1CCN(S(=O)(=O)c2ccc(F)c(Cl)c2)CC1. The van der Waals surface area contributed by atoms with E-state index in [0.29, 0.717) is 5.89 Å². The average Bonchev–Trinajstić information content (AvgIpc) is 3.29. The minimum atomic E-state index is -3.82. The summed E-state index contributed by atoms with van der Waals surface area (Å²) in [5, 5.41) is 7.96. The van der Waals surface area contributed by atoms with E-state index in [1.165, 1.54) is 10.4 Å². The van der Waals surface area contributed by atoms with Crippen LogP contribution in [0.15, 0.2) is 63.1 Å². The molecule has 0 spiro atoms. The minimum Gasteiger partial charge on any atom is -0.411 e. The second kappa shape index (κ2) is 9.57. The maximum Gasteiger partial charge on any atom is 0.277 e. The van der Waals surface area contributed by atoms with Crippen molar-refractivity contribution in [2.45, 2.75) is 10.1 Å². The Morgan fingerprint density at radius 2 is 1.81 bits per heavy atom. The number of aromatic nitrogens is 2. The lowest BCUT2D eigenvalue weighted by atomic mass is 10.2. The van der Waals surface area contributed by atoms with E-state index in [4.69, 9.17) is 16.0 Å². The zero-order valence-electron chi connectivity index (χ0n) is 16.6. The van der Waals surface area contributed by atoms with Gasteiger partial charge in [0.1, 0.15) is 5.82 Å². The van der Waals surface area contributed by atoms with E-state index in [0.717, 1.165) is 29.5 Å². The third-order valence-corrected chi connectivity index (χ3v) is 7.85. The second-order valence-electron chi connectivity index (χ2n) is 6.89. The molecule has 2 aromatic carbocycles. The van der Waals surface area contributed by atoms with Gasteiger partial charge < -0.3 is 9.32 Å². The highest BCUT2D eigenvalue weighted by Gasteiger charge is 2.30. The van der Waals surface area contributed by atoms with Crippen LogP contribution in [-0.2, 0) is 14.8 Å². The summed E-state index contributed by atoms with van der Waals surface area (Å²) in [6.45, 7) is 0.748. The third kappa shape index (κ3) is 4.96. The van der Waals surface area contributed by atoms with Gasteiger partial charge in [-0.3, -0.25) is 4.79 Å². The van der Waals surface area contributed by atoms with Gasteiger partial charge in [-0.05, 0) is 30.3 Å². The first-order chi connectivity index (χ1) is 15.3. The summed E-state index contributed by atoms with van der Waals surface area (Å²) in [5.41, 5.74) is 0.790. The molecular weight excluding hydrogens is 479 g/mol. The molecule has 8 nitrogen and oxygen atoms in total. The van der Waals surface area contributed by atoms with Gasteiger partial charge in [0, 0.05) is 31.7 Å². The molecule has 2 heterocycles. The van der Waals surface area contributed by atoms with E-state index in [9.17, 15) is 17.6 Å². The van der Waals surface area contributed by atoms with Crippen LogP contribution in [0.1, 0.15) is 0 Å². The highest BCUT2D eigenvalue weighted by atomic mass is 35.5. The molecule has 3 aromatic rings. The van der Waals surface area contributed by atoms with Gasteiger partial charge in [0.15, 0.2) is 0 Å². The van der Waals surface area contributed by atoms with Crippen molar-refractivity contribution in [2.75, 3.05) is 31.9 Å². The Balaban J connectivity index is 1.31. The van der Waals surface area contributed by atoms with Crippen LogP contribution >= 0.6 is 23.4 Å². The number of thioether (sulfide) groups is 1. The Morgan fingerprint density at radius 3 is 2.50 bits per heavy atom. The van der Waals surface area contributed by atoms with Gasteiger partial charge in [-0.1, -0.05) is 41.6 Å². The predicted molar refractivity (Wildman–Crippen MR) is 117 cm³/mol. The summed E-state index contributed by atoms with van der Waals surface area (Å²) in [5.74, 6) is -0.371. The first-order valence-corrected chi connectivity index (χ1v) is 12.4. The lowest BCUT2D eigenvalue weighted by Crippen LogP contribution is -2.50. The highest BCUT2D eigenvalue weighted by Crippen LogP contribution is 2.25. The predicted octanol–water partition coefficient (Wildman–Crippen LogP) is 3.15. The van der Waals surface area contributed by atoms with Crippen LogP contribution in [0.3, 0.4) is 0 Å². The summed E-state index contributed by atoms with van der Waals surface area (Å²) < 4.78 is 45.7. The molecule has 4 rings (SSSR count). The van der Waals surface area contributed by atoms with E-state index in [1.54, 1.807) is 4.90 Å². The van der Waals surface area contributed by atoms with Crippen molar-refractivity contribution >= 4 is 39.3 Å². The first kappa shape index (κ1) is 22.7. The zero-order chi connectivity index (χ0) is 22.7. The Kier molecular flexibility index (Phi) is 6.79. The number of hydrogen-bond donors (Lipinski definition) is 0. The fourth-order valence-corrected chi connectivity index (χ4v) is 5.50. The molecule has 0 atom stereocenters. The fourth-order valence-electron chi connectivity index (χ4n) is 3.14. The average molecular weight is 497 g/mol. The molecule has 0 radical (unpaired) electrons. The summed E-state index contributed by atoms with van der Waals surface area (Å²) in [6.07, 6.45) is 0. The molecule has 0 N–H and O–H groups in total. The summed E-state index contributed by atoms with van der Waals surface area (Å²) in [6, 6.07) is 12.6. The van der Waals surface area contributed by atoms with E-state index in [-0.39, 0.29) is 53.0 Å². The normalized spacial score (nSPS) is 15.1. The molecule has 0 unspecified atom stereocenters. The van der Waals surface area contributed by atoms with Gasteiger partial charge in [-0.2, -0.15) is 4.31 Å². The lowest BCUT2D eigenvalue weighted by Gasteiger charge is -2.34. The van der Waals surface area contributed by atoms with Crippen molar-refractivity contribution in [3.05, 3.63) is 59.4 Å². The highest BCUT2D eigenvalue weighted by molar-refractivity contribution is 7.99. The summed E-state index contributed by atoms with van der Waals surface area (Å²) in [7, 11) is -3.82. The number of piperazine rings is 1.